The summed E-state index contributed by atoms with van der Waals surface area (Å²) in [7, 11) is 0. The number of hydrogen-bond donors (Lipinski definition) is 2. The van der Waals surface area contributed by atoms with Crippen molar-refractivity contribution in [2.45, 2.75) is 18.6 Å². The summed E-state index contributed by atoms with van der Waals surface area (Å²) in [5, 5.41) is 2.90. The molecule has 1 aliphatic heterocycles. The molecule has 150 valence electrons. The Balaban J connectivity index is 1.76. The number of carbonyl (C=O) groups is 1. The number of aromatic nitrogens is 2. The van der Waals surface area contributed by atoms with E-state index in [-0.39, 0.29) is 5.69 Å². The normalized spacial score (nSPS) is 15.0. The van der Waals surface area contributed by atoms with Crippen molar-refractivity contribution in [2.24, 2.45) is 0 Å². The summed E-state index contributed by atoms with van der Waals surface area (Å²) >= 11 is 5.45. The van der Waals surface area contributed by atoms with Gasteiger partial charge in [-0.15, -0.1) is 0 Å². The Morgan fingerprint density at radius 1 is 1.18 bits per heavy atom. The van der Waals surface area contributed by atoms with Gasteiger partial charge in [0.2, 0.25) is 5.95 Å². The van der Waals surface area contributed by atoms with Crippen molar-refractivity contribution in [3.8, 4) is 0 Å². The first-order chi connectivity index (χ1) is 13.2. The summed E-state index contributed by atoms with van der Waals surface area (Å²) in [6.45, 7) is 1.58. The van der Waals surface area contributed by atoms with Crippen LogP contribution in [0.4, 0.5) is 38.4 Å². The minimum absolute atomic E-state index is 0.00901. The summed E-state index contributed by atoms with van der Waals surface area (Å²) in [5.41, 5.74) is -1.39. The molecule has 0 unspecified atom stereocenters. The predicted octanol–water partition coefficient (Wildman–Crippen LogP) is 4.04. The van der Waals surface area contributed by atoms with Crippen LogP contribution in [0.15, 0.2) is 24.5 Å². The van der Waals surface area contributed by atoms with E-state index in [2.05, 4.69) is 15.3 Å². The lowest BCUT2D eigenvalue weighted by Crippen LogP contribution is -2.41. The summed E-state index contributed by atoms with van der Waals surface area (Å²) < 4.78 is 67.9. The molecule has 2 amide bonds. The van der Waals surface area contributed by atoms with Gasteiger partial charge in [-0.25, -0.2) is 23.5 Å². The van der Waals surface area contributed by atoms with Crippen LogP contribution in [0.25, 0.3) is 0 Å². The summed E-state index contributed by atoms with van der Waals surface area (Å²) in [6, 6.07) is -2.93. The van der Waals surface area contributed by atoms with E-state index in [9.17, 15) is 26.7 Å². The molecule has 12 heteroatoms. The summed E-state index contributed by atoms with van der Waals surface area (Å²) in [4.78, 5) is 21.8. The number of anilines is 2. The van der Waals surface area contributed by atoms with E-state index in [4.69, 9.17) is 11.6 Å². The molecule has 1 aliphatic rings. The highest BCUT2D eigenvalue weighted by atomic mass is 35.5. The number of alkyl halides is 3. The number of nitrogens with one attached hydrogen (secondary N) is 2. The van der Waals surface area contributed by atoms with Gasteiger partial charge in [0.1, 0.15) is 11.6 Å². The molecule has 2 heterocycles. The average Bonchev–Trinajstić information content (AvgIpc) is 2.57. The molecule has 2 aromatic rings. The van der Waals surface area contributed by atoms with E-state index >= 15 is 0 Å². The second kappa shape index (κ2) is 7.74. The Morgan fingerprint density at radius 2 is 1.82 bits per heavy atom. The maximum absolute atomic E-state index is 14.0. The summed E-state index contributed by atoms with van der Waals surface area (Å²) in [5.74, 6) is -2.67. The van der Waals surface area contributed by atoms with Gasteiger partial charge in [0.15, 0.2) is 6.04 Å². The van der Waals surface area contributed by atoms with Crippen LogP contribution in [0, 0.1) is 11.6 Å². The van der Waals surface area contributed by atoms with Crippen LogP contribution in [0.5, 0.6) is 0 Å². The van der Waals surface area contributed by atoms with Crippen molar-refractivity contribution in [3.05, 3.63) is 46.7 Å². The van der Waals surface area contributed by atoms with Gasteiger partial charge in [0.05, 0.1) is 28.7 Å². The van der Waals surface area contributed by atoms with Gasteiger partial charge in [-0.05, 0) is 18.6 Å². The molecule has 1 aromatic heterocycles. The third kappa shape index (κ3) is 4.24. The molecule has 0 aliphatic carbocycles. The van der Waals surface area contributed by atoms with E-state index in [1.165, 1.54) is 17.7 Å². The number of hydrogen-bond acceptors (Lipinski definition) is 4. The zero-order valence-corrected chi connectivity index (χ0v) is 14.8. The lowest BCUT2D eigenvalue weighted by atomic mass is 10.0. The van der Waals surface area contributed by atoms with Crippen molar-refractivity contribution in [1.82, 2.24) is 15.3 Å². The third-order valence-electron chi connectivity index (χ3n) is 4.01. The molecule has 1 atom stereocenters. The Morgan fingerprint density at radius 3 is 2.36 bits per heavy atom. The molecular formula is C16H13ClF5N5O. The fourth-order valence-corrected chi connectivity index (χ4v) is 2.65. The second-order valence-electron chi connectivity index (χ2n) is 5.94. The molecule has 28 heavy (non-hydrogen) atoms. The Labute approximate surface area is 160 Å². The van der Waals surface area contributed by atoms with Crippen LogP contribution >= 0.6 is 11.6 Å². The quantitative estimate of drug-likeness (QED) is 0.577. The lowest BCUT2D eigenvalue weighted by molar-refractivity contribution is -0.155. The Bertz CT molecular complexity index is 873. The summed E-state index contributed by atoms with van der Waals surface area (Å²) in [6.07, 6.45) is -1.75. The smallest absolute Gasteiger partial charge is 0.341 e. The standard InChI is InChI=1S/C16H13ClF5N5O/c17-9-2-3-10(18)11(12(9)19)13(16(20,21)22)26-15(28)25-8-6-23-14(24-7-8)27-4-1-5-27/h2-3,6-7,13H,1,4-5H2,(H2,25,26,28)/t13-/m1/s1. The zero-order valence-electron chi connectivity index (χ0n) is 14.0. The van der Waals surface area contributed by atoms with Crippen LogP contribution in [-0.2, 0) is 0 Å². The van der Waals surface area contributed by atoms with E-state index in [0.29, 0.717) is 12.0 Å². The molecule has 1 aromatic carbocycles. The first kappa shape index (κ1) is 20.1. The molecule has 1 saturated heterocycles. The van der Waals surface area contributed by atoms with Gasteiger partial charge in [-0.3, -0.25) is 0 Å². The van der Waals surface area contributed by atoms with Gasteiger partial charge >= 0.3 is 12.2 Å². The Hall–Kier alpha value is -2.69. The van der Waals surface area contributed by atoms with E-state index in [1.54, 1.807) is 0 Å². The lowest BCUT2D eigenvalue weighted by Gasteiger charge is -2.30. The molecule has 0 spiro atoms. The fraction of sp³-hybridized carbons (Fsp3) is 0.312. The van der Waals surface area contributed by atoms with Crippen LogP contribution in [0.1, 0.15) is 18.0 Å². The minimum atomic E-state index is -5.18. The van der Waals surface area contributed by atoms with Gasteiger partial charge in [-0.2, -0.15) is 13.2 Å². The van der Waals surface area contributed by atoms with Crippen LogP contribution in [-0.4, -0.2) is 35.3 Å². The first-order valence-electron chi connectivity index (χ1n) is 8.01. The number of carbonyl (C=O) groups excluding carboxylic acids is 1. The predicted molar refractivity (Wildman–Crippen MR) is 91.2 cm³/mol. The highest BCUT2D eigenvalue weighted by molar-refractivity contribution is 6.30. The minimum Gasteiger partial charge on any atom is -0.341 e. The number of nitrogens with zero attached hydrogens (tertiary/aromatic N) is 3. The third-order valence-corrected chi connectivity index (χ3v) is 4.30. The van der Waals surface area contributed by atoms with Crippen LogP contribution in [0.2, 0.25) is 5.02 Å². The topological polar surface area (TPSA) is 70.2 Å². The molecule has 0 saturated carbocycles. The molecule has 3 rings (SSSR count). The van der Waals surface area contributed by atoms with Gasteiger partial charge in [0, 0.05) is 13.1 Å². The second-order valence-corrected chi connectivity index (χ2v) is 6.35. The zero-order chi connectivity index (χ0) is 20.5. The van der Waals surface area contributed by atoms with Crippen molar-refractivity contribution in [2.75, 3.05) is 23.3 Å². The van der Waals surface area contributed by atoms with Crippen LogP contribution < -0.4 is 15.5 Å². The molecule has 1 fully saturated rings. The number of amides is 2. The highest BCUT2D eigenvalue weighted by Crippen LogP contribution is 2.37. The highest BCUT2D eigenvalue weighted by Gasteiger charge is 2.45. The number of benzene rings is 1. The molecule has 0 radical (unpaired) electrons. The molecule has 0 bridgehead atoms. The van der Waals surface area contributed by atoms with Gasteiger partial charge in [0.25, 0.3) is 0 Å². The van der Waals surface area contributed by atoms with E-state index < -0.39 is 40.5 Å². The largest absolute Gasteiger partial charge is 0.413 e. The van der Waals surface area contributed by atoms with Crippen molar-refractivity contribution in [3.63, 3.8) is 0 Å². The average molecular weight is 422 g/mol. The molecule has 2 N–H and O–H groups in total. The fourth-order valence-electron chi connectivity index (χ4n) is 2.49. The SMILES string of the molecule is O=C(Nc1cnc(N2CCC2)nc1)N[C@H](c1c(F)ccc(Cl)c1F)C(F)(F)F. The molecule has 6 nitrogen and oxygen atoms in total. The van der Waals surface area contributed by atoms with E-state index in [0.717, 1.165) is 25.6 Å². The number of urea groups is 1. The van der Waals surface area contributed by atoms with Gasteiger partial charge < -0.3 is 15.5 Å². The maximum atomic E-state index is 14.0. The number of rotatable bonds is 4. The first-order valence-corrected chi connectivity index (χ1v) is 8.39. The maximum Gasteiger partial charge on any atom is 0.413 e. The van der Waals surface area contributed by atoms with Crippen molar-refractivity contribution < 1.29 is 26.7 Å². The van der Waals surface area contributed by atoms with E-state index in [1.807, 2.05) is 4.90 Å². The van der Waals surface area contributed by atoms with Crippen molar-refractivity contribution in [1.29, 1.82) is 0 Å². The Kier molecular flexibility index (Phi) is 5.54. The van der Waals surface area contributed by atoms with Gasteiger partial charge in [-0.1, -0.05) is 11.6 Å². The number of halogens is 6. The molecular weight excluding hydrogens is 409 g/mol. The van der Waals surface area contributed by atoms with Crippen molar-refractivity contribution >= 4 is 29.3 Å². The van der Waals surface area contributed by atoms with Crippen LogP contribution in [0.3, 0.4) is 0 Å². The monoisotopic (exact) mass is 421 g/mol.